The fourth-order valence-corrected chi connectivity index (χ4v) is 4.68. The highest BCUT2D eigenvalue weighted by atomic mass is 32.2. The lowest BCUT2D eigenvalue weighted by atomic mass is 9.84. The van der Waals surface area contributed by atoms with E-state index in [1.165, 1.54) is 63.7 Å². The minimum absolute atomic E-state index is 0.578. The molecular formula is C19H34N4S. The summed E-state index contributed by atoms with van der Waals surface area (Å²) in [6, 6.07) is 1.44. The van der Waals surface area contributed by atoms with Gasteiger partial charge in [0.2, 0.25) is 0 Å². The molecular weight excluding hydrogens is 316 g/mol. The molecule has 0 radical (unpaired) electrons. The number of aromatic nitrogens is 2. The quantitative estimate of drug-likeness (QED) is 0.784. The Morgan fingerprint density at radius 1 is 1.12 bits per heavy atom. The van der Waals surface area contributed by atoms with Crippen molar-refractivity contribution in [3.05, 3.63) is 18.0 Å². The Hall–Kier alpha value is -0.520. The van der Waals surface area contributed by atoms with E-state index in [1.807, 2.05) is 0 Å². The Bertz CT molecular complexity index is 485. The number of likely N-dealkylation sites (tertiary alicyclic amines) is 1. The average Bonchev–Trinajstić information content (AvgIpc) is 3.11. The van der Waals surface area contributed by atoms with Crippen molar-refractivity contribution in [2.45, 2.75) is 70.4 Å². The van der Waals surface area contributed by atoms with Crippen molar-refractivity contribution in [2.75, 3.05) is 25.9 Å². The van der Waals surface area contributed by atoms with Crippen LogP contribution in [0.4, 0.5) is 0 Å². The van der Waals surface area contributed by atoms with Crippen molar-refractivity contribution < 1.29 is 0 Å². The summed E-state index contributed by atoms with van der Waals surface area (Å²) in [6.45, 7) is 8.18. The third kappa shape index (κ3) is 4.55. The Morgan fingerprint density at radius 2 is 1.83 bits per heavy atom. The van der Waals surface area contributed by atoms with Crippen LogP contribution in [-0.2, 0) is 0 Å². The standard InChI is InChI=1S/C19H34N4S/c1-15(2)17-13-20-23(14-17)19-8-10-22(11-9-19)18-6-4-16(5-7-18)12-21-24-3/h13-16,18-19,21H,4-12H2,1-3H3. The highest BCUT2D eigenvalue weighted by Crippen LogP contribution is 2.31. The average molecular weight is 351 g/mol. The fourth-order valence-electron chi connectivity index (χ4n) is 4.28. The van der Waals surface area contributed by atoms with Gasteiger partial charge >= 0.3 is 0 Å². The van der Waals surface area contributed by atoms with Crippen molar-refractivity contribution in [3.8, 4) is 0 Å². The largest absolute Gasteiger partial charge is 0.300 e. The number of piperidine rings is 1. The molecule has 3 rings (SSSR count). The lowest BCUT2D eigenvalue weighted by Gasteiger charge is -2.40. The van der Waals surface area contributed by atoms with Gasteiger partial charge in [-0.15, -0.1) is 0 Å². The number of rotatable bonds is 6. The first kappa shape index (κ1) is 18.3. The maximum atomic E-state index is 4.63. The second-order valence-electron chi connectivity index (χ2n) is 7.90. The van der Waals surface area contributed by atoms with Gasteiger partial charge in [-0.05, 0) is 62.2 Å². The zero-order valence-electron chi connectivity index (χ0n) is 15.6. The van der Waals surface area contributed by atoms with Crippen LogP contribution in [0.15, 0.2) is 12.4 Å². The number of nitrogens with one attached hydrogen (secondary N) is 1. The molecule has 0 atom stereocenters. The van der Waals surface area contributed by atoms with Crippen LogP contribution in [0, 0.1) is 5.92 Å². The molecule has 0 unspecified atom stereocenters. The molecule has 2 heterocycles. The molecule has 0 aromatic carbocycles. The molecule has 1 saturated heterocycles. The summed E-state index contributed by atoms with van der Waals surface area (Å²) < 4.78 is 5.67. The summed E-state index contributed by atoms with van der Waals surface area (Å²) >= 11 is 1.76. The first-order valence-corrected chi connectivity index (χ1v) is 10.9. The van der Waals surface area contributed by atoms with Crippen LogP contribution >= 0.6 is 11.9 Å². The van der Waals surface area contributed by atoms with Crippen LogP contribution in [0.5, 0.6) is 0 Å². The lowest BCUT2D eigenvalue weighted by Crippen LogP contribution is -2.44. The van der Waals surface area contributed by atoms with Crippen molar-refractivity contribution in [1.29, 1.82) is 0 Å². The molecule has 5 heteroatoms. The molecule has 1 aromatic heterocycles. The second-order valence-corrected chi connectivity index (χ2v) is 8.60. The van der Waals surface area contributed by atoms with Crippen LogP contribution < -0.4 is 4.72 Å². The molecule has 1 aromatic rings. The highest BCUT2D eigenvalue weighted by Gasteiger charge is 2.29. The predicted octanol–water partition coefficient (Wildman–Crippen LogP) is 4.07. The summed E-state index contributed by atoms with van der Waals surface area (Å²) in [7, 11) is 0. The van der Waals surface area contributed by atoms with E-state index in [4.69, 9.17) is 0 Å². The normalized spacial score (nSPS) is 27.0. The molecule has 2 aliphatic rings. The Kier molecular flexibility index (Phi) is 6.64. The van der Waals surface area contributed by atoms with Crippen LogP contribution in [0.2, 0.25) is 0 Å². The Labute approximate surface area is 151 Å². The molecule has 1 N–H and O–H groups in total. The summed E-state index contributed by atoms with van der Waals surface area (Å²) in [5.41, 5.74) is 1.37. The molecule has 1 saturated carbocycles. The predicted molar refractivity (Wildman–Crippen MR) is 103 cm³/mol. The van der Waals surface area contributed by atoms with E-state index in [1.54, 1.807) is 11.9 Å². The van der Waals surface area contributed by atoms with Gasteiger partial charge in [0.15, 0.2) is 0 Å². The van der Waals surface area contributed by atoms with E-state index in [-0.39, 0.29) is 0 Å². The van der Waals surface area contributed by atoms with E-state index in [0.717, 1.165) is 12.0 Å². The zero-order chi connectivity index (χ0) is 16.9. The van der Waals surface area contributed by atoms with E-state index in [0.29, 0.717) is 12.0 Å². The zero-order valence-corrected chi connectivity index (χ0v) is 16.4. The molecule has 0 bridgehead atoms. The second kappa shape index (κ2) is 8.72. The summed E-state index contributed by atoms with van der Waals surface area (Å²) in [5, 5.41) is 4.63. The van der Waals surface area contributed by atoms with Crippen LogP contribution in [0.1, 0.15) is 69.9 Å². The third-order valence-corrected chi connectivity index (χ3v) is 6.47. The van der Waals surface area contributed by atoms with Gasteiger partial charge in [-0.2, -0.15) is 5.10 Å². The van der Waals surface area contributed by atoms with Crippen LogP contribution in [0.25, 0.3) is 0 Å². The maximum absolute atomic E-state index is 4.63. The summed E-state index contributed by atoms with van der Waals surface area (Å²) in [6.07, 6.45) is 14.6. The highest BCUT2D eigenvalue weighted by molar-refractivity contribution is 7.96. The molecule has 2 fully saturated rings. The van der Waals surface area contributed by atoms with Crippen molar-refractivity contribution in [1.82, 2.24) is 19.4 Å². The topological polar surface area (TPSA) is 33.1 Å². The van der Waals surface area contributed by atoms with Crippen molar-refractivity contribution >= 4 is 11.9 Å². The molecule has 4 nitrogen and oxygen atoms in total. The van der Waals surface area contributed by atoms with Gasteiger partial charge in [-0.3, -0.25) is 9.40 Å². The smallest absolute Gasteiger partial charge is 0.0543 e. The summed E-state index contributed by atoms with van der Waals surface area (Å²) in [4.78, 5) is 2.77. The summed E-state index contributed by atoms with van der Waals surface area (Å²) in [5.74, 6) is 1.47. The molecule has 0 amide bonds. The third-order valence-electron chi connectivity index (χ3n) is 6.01. The SMILES string of the molecule is CSNCC1CCC(N2CCC(n3cc(C(C)C)cn3)CC2)CC1. The Morgan fingerprint density at radius 3 is 2.42 bits per heavy atom. The van der Waals surface area contributed by atoms with Crippen molar-refractivity contribution in [2.24, 2.45) is 5.92 Å². The molecule has 1 aliphatic carbocycles. The first-order chi connectivity index (χ1) is 11.7. The van der Waals surface area contributed by atoms with Crippen molar-refractivity contribution in [3.63, 3.8) is 0 Å². The lowest BCUT2D eigenvalue weighted by molar-refractivity contribution is 0.0944. The molecule has 136 valence electrons. The number of hydrogen-bond acceptors (Lipinski definition) is 4. The minimum Gasteiger partial charge on any atom is -0.300 e. The number of nitrogens with zero attached hydrogens (tertiary/aromatic N) is 3. The van der Waals surface area contributed by atoms with E-state index in [9.17, 15) is 0 Å². The monoisotopic (exact) mass is 350 g/mol. The van der Waals surface area contributed by atoms with Gasteiger partial charge in [0.05, 0.1) is 12.2 Å². The first-order valence-electron chi connectivity index (χ1n) is 9.71. The van der Waals surface area contributed by atoms with Gasteiger partial charge in [-0.1, -0.05) is 25.8 Å². The molecule has 1 aliphatic heterocycles. The van der Waals surface area contributed by atoms with Gasteiger partial charge in [0, 0.05) is 31.9 Å². The minimum atomic E-state index is 0.578. The van der Waals surface area contributed by atoms with Gasteiger partial charge < -0.3 is 4.90 Å². The van der Waals surface area contributed by atoms with E-state index >= 15 is 0 Å². The van der Waals surface area contributed by atoms with Gasteiger partial charge in [0.1, 0.15) is 0 Å². The van der Waals surface area contributed by atoms with Crippen LogP contribution in [-0.4, -0.2) is 46.6 Å². The maximum Gasteiger partial charge on any atom is 0.0543 e. The molecule has 24 heavy (non-hydrogen) atoms. The fraction of sp³-hybridized carbons (Fsp3) is 0.842. The van der Waals surface area contributed by atoms with Crippen LogP contribution in [0.3, 0.4) is 0 Å². The Balaban J connectivity index is 1.44. The van der Waals surface area contributed by atoms with E-state index < -0.39 is 0 Å². The van der Waals surface area contributed by atoms with Gasteiger partial charge in [0.25, 0.3) is 0 Å². The molecule has 0 spiro atoms. The number of hydrogen-bond donors (Lipinski definition) is 1. The van der Waals surface area contributed by atoms with Gasteiger partial charge in [-0.25, -0.2) is 0 Å². The van der Waals surface area contributed by atoms with E-state index in [2.05, 4.69) is 51.9 Å².